The van der Waals surface area contributed by atoms with Crippen LogP contribution in [0.2, 0.25) is 5.15 Å². The maximum absolute atomic E-state index is 9.73. The summed E-state index contributed by atoms with van der Waals surface area (Å²) >= 11 is 6.02. The summed E-state index contributed by atoms with van der Waals surface area (Å²) in [5.41, 5.74) is 1.50. The molecule has 1 fully saturated rings. The van der Waals surface area contributed by atoms with Gasteiger partial charge in [0.25, 0.3) is 0 Å². The fourth-order valence-corrected chi connectivity index (χ4v) is 2.87. The molecule has 1 aromatic rings. The lowest BCUT2D eigenvalue weighted by atomic mass is 9.77. The monoisotopic (exact) mass is 269 g/mol. The quantitative estimate of drug-likeness (QED) is 0.852. The molecule has 0 atom stereocenters. The van der Waals surface area contributed by atoms with Crippen LogP contribution >= 0.6 is 11.6 Å². The van der Waals surface area contributed by atoms with E-state index in [0.29, 0.717) is 18.4 Å². The summed E-state index contributed by atoms with van der Waals surface area (Å²) in [5.74, 6) is 0.790. The van der Waals surface area contributed by atoms with Gasteiger partial charge in [-0.3, -0.25) is 0 Å². The summed E-state index contributed by atoms with van der Waals surface area (Å²) in [7, 11) is 0. The first-order chi connectivity index (χ1) is 8.55. The number of anilines is 1. The molecule has 3 rings (SSSR count). The van der Waals surface area contributed by atoms with Crippen molar-refractivity contribution in [3.63, 3.8) is 0 Å². The molecule has 1 aromatic heterocycles. The van der Waals surface area contributed by atoms with Crippen LogP contribution in [0.15, 0.2) is 0 Å². The highest BCUT2D eigenvalue weighted by Gasteiger charge is 2.39. The number of hydrogen-bond donors (Lipinski definition) is 2. The van der Waals surface area contributed by atoms with Crippen molar-refractivity contribution >= 4 is 17.4 Å². The van der Waals surface area contributed by atoms with E-state index in [1.54, 1.807) is 0 Å². The largest absolute Gasteiger partial charge is 0.390 e. The molecule has 0 bridgehead atoms. The molecule has 0 radical (unpaired) electrons. The Morgan fingerprint density at radius 2 is 2.17 bits per heavy atom. The Labute approximate surface area is 111 Å². The van der Waals surface area contributed by atoms with Gasteiger partial charge in [-0.2, -0.15) is 0 Å². The van der Waals surface area contributed by atoms with Crippen molar-refractivity contribution in [3.05, 3.63) is 16.3 Å². The third-order valence-corrected chi connectivity index (χ3v) is 3.90. The molecule has 0 amide bonds. The van der Waals surface area contributed by atoms with Crippen molar-refractivity contribution < 1.29 is 9.84 Å². The van der Waals surface area contributed by atoms with Gasteiger partial charge in [-0.05, 0) is 26.2 Å². The summed E-state index contributed by atoms with van der Waals surface area (Å²) in [6, 6.07) is 0.266. The van der Waals surface area contributed by atoms with E-state index in [1.807, 2.05) is 6.92 Å². The first-order valence-electron chi connectivity index (χ1n) is 6.16. The average molecular weight is 270 g/mol. The first kappa shape index (κ1) is 12.1. The van der Waals surface area contributed by atoms with Gasteiger partial charge in [0.05, 0.1) is 18.8 Å². The third-order valence-electron chi connectivity index (χ3n) is 3.59. The van der Waals surface area contributed by atoms with Crippen molar-refractivity contribution in [2.24, 2.45) is 0 Å². The minimum Gasteiger partial charge on any atom is -0.390 e. The molecule has 2 aliphatic rings. The molecule has 0 unspecified atom stereocenters. The second kappa shape index (κ2) is 4.33. The molecule has 1 aliphatic heterocycles. The van der Waals surface area contributed by atoms with Gasteiger partial charge in [-0.25, -0.2) is 0 Å². The molecule has 1 aliphatic carbocycles. The molecule has 5 nitrogen and oxygen atoms in total. The zero-order valence-electron chi connectivity index (χ0n) is 10.2. The number of ether oxygens (including phenoxy) is 1. The minimum absolute atomic E-state index is 0.266. The molecule has 6 heteroatoms. The Bertz CT molecular complexity index is 471. The van der Waals surface area contributed by atoms with E-state index < -0.39 is 5.60 Å². The van der Waals surface area contributed by atoms with E-state index in [4.69, 9.17) is 16.3 Å². The Kier molecular flexibility index (Phi) is 2.92. The van der Waals surface area contributed by atoms with Gasteiger partial charge in [-0.15, -0.1) is 10.2 Å². The maximum atomic E-state index is 9.73. The predicted molar refractivity (Wildman–Crippen MR) is 67.7 cm³/mol. The normalized spacial score (nSPS) is 30.5. The number of nitrogens with one attached hydrogen (secondary N) is 1. The van der Waals surface area contributed by atoms with Crippen molar-refractivity contribution in [1.29, 1.82) is 0 Å². The highest BCUT2D eigenvalue weighted by molar-refractivity contribution is 6.30. The van der Waals surface area contributed by atoms with E-state index in [9.17, 15) is 5.11 Å². The molecule has 2 N–H and O–H groups in total. The van der Waals surface area contributed by atoms with Crippen LogP contribution in [-0.2, 0) is 17.8 Å². The Morgan fingerprint density at radius 1 is 1.39 bits per heavy atom. The summed E-state index contributed by atoms with van der Waals surface area (Å²) in [5, 5.41) is 21.6. The summed E-state index contributed by atoms with van der Waals surface area (Å²) < 4.78 is 5.39. The lowest BCUT2D eigenvalue weighted by Gasteiger charge is -2.41. The van der Waals surface area contributed by atoms with E-state index in [0.717, 1.165) is 36.2 Å². The number of aliphatic hydroxyl groups is 1. The second-order valence-corrected chi connectivity index (χ2v) is 5.70. The highest BCUT2D eigenvalue weighted by Crippen LogP contribution is 2.35. The first-order valence-corrected chi connectivity index (χ1v) is 6.53. The van der Waals surface area contributed by atoms with Crippen LogP contribution in [-0.4, -0.2) is 33.6 Å². The van der Waals surface area contributed by atoms with Crippen molar-refractivity contribution in [3.8, 4) is 0 Å². The van der Waals surface area contributed by atoms with Gasteiger partial charge in [-0.1, -0.05) is 11.6 Å². The van der Waals surface area contributed by atoms with Crippen LogP contribution in [0.1, 0.15) is 30.9 Å². The fourth-order valence-electron chi connectivity index (χ4n) is 2.66. The van der Waals surface area contributed by atoms with Crippen molar-refractivity contribution in [2.45, 2.75) is 44.4 Å². The summed E-state index contributed by atoms with van der Waals surface area (Å²) in [6.07, 6.45) is 2.28. The van der Waals surface area contributed by atoms with Gasteiger partial charge >= 0.3 is 0 Å². The molecule has 0 spiro atoms. The van der Waals surface area contributed by atoms with Crippen molar-refractivity contribution in [2.75, 3.05) is 11.9 Å². The Balaban J connectivity index is 1.80. The van der Waals surface area contributed by atoms with Crippen molar-refractivity contribution in [1.82, 2.24) is 10.2 Å². The van der Waals surface area contributed by atoms with E-state index in [-0.39, 0.29) is 6.04 Å². The zero-order chi connectivity index (χ0) is 12.8. The molecule has 2 heterocycles. The summed E-state index contributed by atoms with van der Waals surface area (Å²) in [6.45, 7) is 3.04. The van der Waals surface area contributed by atoms with Crippen LogP contribution in [0.25, 0.3) is 0 Å². The van der Waals surface area contributed by atoms with Crippen LogP contribution in [0.5, 0.6) is 0 Å². The molecular formula is C12H16ClN3O2. The predicted octanol–water partition coefficient (Wildman–Crippen LogP) is 1.53. The molecule has 0 aromatic carbocycles. The number of halogens is 1. The number of hydrogen-bond acceptors (Lipinski definition) is 5. The van der Waals surface area contributed by atoms with Gasteiger partial charge in [0.15, 0.2) is 11.0 Å². The number of rotatable bonds is 2. The number of fused-ring (bicyclic) bond motifs is 1. The average Bonchev–Trinajstić information content (AvgIpc) is 2.31. The maximum Gasteiger partial charge on any atom is 0.157 e. The second-order valence-electron chi connectivity index (χ2n) is 5.35. The number of nitrogens with zero attached hydrogens (tertiary/aromatic N) is 2. The van der Waals surface area contributed by atoms with E-state index in [1.165, 1.54) is 0 Å². The fraction of sp³-hybridized carbons (Fsp3) is 0.667. The lowest BCUT2D eigenvalue weighted by Crippen LogP contribution is -2.48. The van der Waals surface area contributed by atoms with Crippen LogP contribution in [0.3, 0.4) is 0 Å². The van der Waals surface area contributed by atoms with E-state index in [2.05, 4.69) is 15.5 Å². The molecule has 98 valence electrons. The van der Waals surface area contributed by atoms with Crippen LogP contribution in [0.4, 0.5) is 5.82 Å². The number of aromatic nitrogens is 2. The minimum atomic E-state index is -0.541. The van der Waals surface area contributed by atoms with Gasteiger partial charge < -0.3 is 15.2 Å². The van der Waals surface area contributed by atoms with E-state index >= 15 is 0 Å². The molecule has 1 saturated carbocycles. The third kappa shape index (κ3) is 2.18. The molecule has 18 heavy (non-hydrogen) atoms. The van der Waals surface area contributed by atoms with Gasteiger partial charge in [0, 0.05) is 17.2 Å². The standard InChI is InChI=1S/C12H16ClN3O2/c1-12(17)4-7(5-12)14-11-8-2-3-18-6-9(8)10(13)15-16-11/h7,17H,2-6H2,1H3,(H,14,16). The zero-order valence-corrected chi connectivity index (χ0v) is 11.0. The SMILES string of the molecule is CC1(O)CC(Nc2nnc(Cl)c3c2CCOC3)C1. The topological polar surface area (TPSA) is 67.3 Å². The van der Waals surface area contributed by atoms with Crippen LogP contribution < -0.4 is 5.32 Å². The van der Waals surface area contributed by atoms with Gasteiger partial charge in [0.1, 0.15) is 0 Å². The highest BCUT2D eigenvalue weighted by atomic mass is 35.5. The smallest absolute Gasteiger partial charge is 0.157 e. The molecular weight excluding hydrogens is 254 g/mol. The Morgan fingerprint density at radius 3 is 2.89 bits per heavy atom. The lowest BCUT2D eigenvalue weighted by molar-refractivity contribution is -0.0235. The summed E-state index contributed by atoms with van der Waals surface area (Å²) in [4.78, 5) is 0. The Hall–Kier alpha value is -0.910. The van der Waals surface area contributed by atoms with Crippen LogP contribution in [0, 0.1) is 0 Å². The molecule has 0 saturated heterocycles. The van der Waals surface area contributed by atoms with Gasteiger partial charge in [0.2, 0.25) is 0 Å².